The molecule has 0 saturated heterocycles. The highest BCUT2D eigenvalue weighted by Gasteiger charge is 2.57. The van der Waals surface area contributed by atoms with Crippen LogP contribution in [0.3, 0.4) is 0 Å². The van der Waals surface area contributed by atoms with Crippen LogP contribution in [0.25, 0.3) is 10.4 Å². The van der Waals surface area contributed by atoms with Crippen LogP contribution >= 0.6 is 0 Å². The highest BCUT2D eigenvalue weighted by molar-refractivity contribution is 6.74. The number of rotatable bonds is 6. The van der Waals surface area contributed by atoms with Crippen molar-refractivity contribution in [2.75, 3.05) is 13.2 Å². The van der Waals surface area contributed by atoms with E-state index in [4.69, 9.17) is 4.43 Å². The van der Waals surface area contributed by atoms with Gasteiger partial charge in [0.15, 0.2) is 8.32 Å². The number of nitrogens with zero attached hydrogens (tertiary/aromatic N) is 4. The van der Waals surface area contributed by atoms with Gasteiger partial charge in [0, 0.05) is 23.8 Å². The number of hydrogen-bond donors (Lipinski definition) is 1. The van der Waals surface area contributed by atoms with Crippen LogP contribution in [0.4, 0.5) is 0 Å². The van der Waals surface area contributed by atoms with Crippen LogP contribution in [0.5, 0.6) is 0 Å². The first-order chi connectivity index (χ1) is 15.8. The number of aromatic nitrogens is 2. The summed E-state index contributed by atoms with van der Waals surface area (Å²) in [5.41, 5.74) is 13.5. The first-order valence-electron chi connectivity index (χ1n) is 13.2. The summed E-state index contributed by atoms with van der Waals surface area (Å²) in [6, 6.07) is 0. The maximum absolute atomic E-state index is 9.23. The van der Waals surface area contributed by atoms with Crippen LogP contribution in [0.1, 0.15) is 71.6 Å². The van der Waals surface area contributed by atoms with E-state index in [1.807, 2.05) is 6.20 Å². The van der Waals surface area contributed by atoms with Crippen molar-refractivity contribution in [3.63, 3.8) is 0 Å². The predicted octanol–water partition coefficient (Wildman–Crippen LogP) is 7.46. The number of nitrogens with one attached hydrogen (secondary N) is 1. The van der Waals surface area contributed by atoms with Crippen molar-refractivity contribution in [3.05, 3.63) is 40.0 Å². The van der Waals surface area contributed by atoms with E-state index < -0.39 is 8.32 Å². The predicted molar refractivity (Wildman–Crippen MR) is 141 cm³/mol. The second kappa shape index (κ2) is 8.83. The highest BCUT2D eigenvalue weighted by Crippen LogP contribution is 2.63. The lowest BCUT2D eigenvalue weighted by Crippen LogP contribution is -2.53. The summed E-state index contributed by atoms with van der Waals surface area (Å²) in [4.78, 5) is 3.20. The lowest BCUT2D eigenvalue weighted by molar-refractivity contribution is -0.0521. The molecule has 0 aromatic carbocycles. The van der Waals surface area contributed by atoms with E-state index in [0.717, 1.165) is 32.3 Å². The molecule has 1 aromatic heterocycles. The van der Waals surface area contributed by atoms with Crippen molar-refractivity contribution in [3.8, 4) is 0 Å². The first kappa shape index (κ1) is 25.5. The van der Waals surface area contributed by atoms with E-state index >= 15 is 0 Å². The Morgan fingerprint density at radius 2 is 2.03 bits per heavy atom. The van der Waals surface area contributed by atoms with E-state index in [9.17, 15) is 5.53 Å². The molecule has 2 fully saturated rings. The number of azide groups is 1. The van der Waals surface area contributed by atoms with Gasteiger partial charge in [0.05, 0.1) is 6.20 Å². The molecule has 0 aliphatic heterocycles. The van der Waals surface area contributed by atoms with Crippen molar-refractivity contribution in [2.45, 2.75) is 91.3 Å². The Kier molecular flexibility index (Phi) is 6.63. The normalized spacial score (nSPS) is 36.0. The van der Waals surface area contributed by atoms with Gasteiger partial charge in [-0.15, -0.1) is 0 Å². The number of H-pyrrole nitrogens is 1. The van der Waals surface area contributed by atoms with Crippen LogP contribution in [0, 0.1) is 34.5 Å². The molecule has 0 amide bonds. The summed E-state index contributed by atoms with van der Waals surface area (Å²) in [5.74, 6) is 1.86. The zero-order chi connectivity index (χ0) is 24.9. The van der Waals surface area contributed by atoms with Crippen LogP contribution in [0.15, 0.2) is 23.5 Å². The van der Waals surface area contributed by atoms with Crippen molar-refractivity contribution in [2.24, 2.45) is 39.6 Å². The van der Waals surface area contributed by atoms with Gasteiger partial charge in [-0.1, -0.05) is 51.9 Å². The van der Waals surface area contributed by atoms with Gasteiger partial charge in [0.2, 0.25) is 0 Å². The van der Waals surface area contributed by atoms with Crippen molar-refractivity contribution < 1.29 is 4.43 Å². The summed E-state index contributed by atoms with van der Waals surface area (Å²) in [6.45, 7) is 22.4. The smallest absolute Gasteiger partial charge is 0.191 e. The monoisotopic (exact) mass is 483 g/mol. The molecular weight excluding hydrogens is 438 g/mol. The van der Waals surface area contributed by atoms with E-state index in [-0.39, 0.29) is 15.9 Å². The van der Waals surface area contributed by atoms with E-state index in [1.165, 1.54) is 29.7 Å². The fraction of sp³-hybridized carbons (Fsp3) is 0.815. The minimum absolute atomic E-state index is 0.0835. The standard InChI is InChI=1S/C27H45N5OSi/c1-18-9-10-22-21(16-30-32-28)23(11-12-26(18,22)5)27(6)14-19-15-29-31-24(19)13-20(27)17-33-34(7,8)25(2,3)4/h15,20-23H,1,9-14,16-17H2,2-8H3,(H,29,31)/t20-,21+,22+,23+,26-,27+/m1/s1. The fourth-order valence-electron chi connectivity index (χ4n) is 7.31. The van der Waals surface area contributed by atoms with Gasteiger partial charge in [0.1, 0.15) is 0 Å². The molecule has 188 valence electrons. The Labute approximate surface area is 207 Å². The van der Waals surface area contributed by atoms with Gasteiger partial charge in [-0.25, -0.2) is 0 Å². The summed E-state index contributed by atoms with van der Waals surface area (Å²) in [5, 5.41) is 12.0. The van der Waals surface area contributed by atoms with Crippen molar-refractivity contribution in [1.82, 2.24) is 10.2 Å². The summed E-state index contributed by atoms with van der Waals surface area (Å²) in [6.07, 6.45) is 8.68. The Bertz CT molecular complexity index is 974. The summed E-state index contributed by atoms with van der Waals surface area (Å²) in [7, 11) is -1.86. The molecule has 0 unspecified atom stereocenters. The van der Waals surface area contributed by atoms with E-state index in [2.05, 4.69) is 74.5 Å². The van der Waals surface area contributed by atoms with Gasteiger partial charge >= 0.3 is 0 Å². The molecule has 2 saturated carbocycles. The van der Waals surface area contributed by atoms with Gasteiger partial charge in [-0.3, -0.25) is 5.10 Å². The molecular formula is C27H45N5OSi. The summed E-state index contributed by atoms with van der Waals surface area (Å²) < 4.78 is 6.86. The zero-order valence-corrected chi connectivity index (χ0v) is 23.4. The van der Waals surface area contributed by atoms with Gasteiger partial charge in [0.25, 0.3) is 0 Å². The molecule has 7 heteroatoms. The Balaban J connectivity index is 1.69. The van der Waals surface area contributed by atoms with Crippen molar-refractivity contribution >= 4 is 8.32 Å². The number of hydrogen-bond acceptors (Lipinski definition) is 3. The maximum Gasteiger partial charge on any atom is 0.191 e. The Morgan fingerprint density at radius 3 is 2.71 bits per heavy atom. The Morgan fingerprint density at radius 1 is 1.29 bits per heavy atom. The van der Waals surface area contributed by atoms with Crippen LogP contribution in [0.2, 0.25) is 18.1 Å². The van der Waals surface area contributed by atoms with Crippen molar-refractivity contribution in [1.29, 1.82) is 0 Å². The number of allylic oxidation sites excluding steroid dienone is 1. The molecule has 34 heavy (non-hydrogen) atoms. The zero-order valence-electron chi connectivity index (χ0n) is 22.4. The molecule has 4 rings (SSSR count). The fourth-order valence-corrected chi connectivity index (χ4v) is 8.36. The SMILES string of the molecule is C=C1CC[C@H]2[C@H](CN=[N+]=[N-])[C@@H]([C@@]3(C)Cc4cn[nH]c4C[C@@H]3CO[Si](C)(C)C(C)(C)C)CC[C@]12C. The quantitative estimate of drug-likeness (QED) is 0.150. The number of aromatic amines is 1. The Hall–Kier alpha value is -1.56. The molecule has 1 aromatic rings. The lowest BCUT2D eigenvalue weighted by Gasteiger charge is -2.56. The van der Waals surface area contributed by atoms with Gasteiger partial charge < -0.3 is 4.43 Å². The minimum atomic E-state index is -1.86. The third-order valence-electron chi connectivity index (χ3n) is 10.8. The highest BCUT2D eigenvalue weighted by atomic mass is 28.4. The second-order valence-corrected chi connectivity index (χ2v) is 18.2. The maximum atomic E-state index is 9.23. The van der Waals surface area contributed by atoms with Crippen LogP contribution < -0.4 is 0 Å². The first-order valence-corrected chi connectivity index (χ1v) is 16.1. The molecule has 0 radical (unpaired) electrons. The minimum Gasteiger partial charge on any atom is -0.417 e. The largest absolute Gasteiger partial charge is 0.417 e. The third-order valence-corrected chi connectivity index (χ3v) is 15.3. The average Bonchev–Trinajstić information content (AvgIpc) is 3.32. The van der Waals surface area contributed by atoms with Gasteiger partial charge in [-0.05, 0) is 102 Å². The third kappa shape index (κ3) is 4.18. The molecule has 6 nitrogen and oxygen atoms in total. The summed E-state index contributed by atoms with van der Waals surface area (Å²) >= 11 is 0. The average molecular weight is 484 g/mol. The molecule has 6 atom stereocenters. The van der Waals surface area contributed by atoms with E-state index in [1.54, 1.807) is 0 Å². The topological polar surface area (TPSA) is 86.7 Å². The molecule has 1 N–H and O–H groups in total. The lowest BCUT2D eigenvalue weighted by atomic mass is 9.49. The second-order valence-electron chi connectivity index (χ2n) is 13.4. The molecule has 1 heterocycles. The molecule has 3 aliphatic rings. The van der Waals surface area contributed by atoms with Gasteiger partial charge in [-0.2, -0.15) is 5.10 Å². The van der Waals surface area contributed by atoms with Crippen LogP contribution in [-0.4, -0.2) is 31.7 Å². The van der Waals surface area contributed by atoms with Crippen LogP contribution in [-0.2, 0) is 17.3 Å². The molecule has 0 spiro atoms. The van der Waals surface area contributed by atoms with E-state index in [0.29, 0.717) is 30.2 Å². The molecule has 3 aliphatic carbocycles. The molecule has 0 bridgehead atoms. The number of fused-ring (bicyclic) bond motifs is 2.